The highest BCUT2D eigenvalue weighted by molar-refractivity contribution is 5.97. The van der Waals surface area contributed by atoms with Crippen molar-refractivity contribution in [3.63, 3.8) is 0 Å². The highest BCUT2D eigenvalue weighted by Gasteiger charge is 2.19. The second-order valence-electron chi connectivity index (χ2n) is 6.15. The number of fused-ring (bicyclic) bond motifs is 1. The van der Waals surface area contributed by atoms with Gasteiger partial charge in [0.2, 0.25) is 5.88 Å². The summed E-state index contributed by atoms with van der Waals surface area (Å²) in [6, 6.07) is 21.8. The van der Waals surface area contributed by atoms with Crippen LogP contribution in [-0.2, 0) is 0 Å². The molecule has 0 amide bonds. The van der Waals surface area contributed by atoms with Crippen molar-refractivity contribution in [1.29, 1.82) is 5.26 Å². The van der Waals surface area contributed by atoms with Gasteiger partial charge >= 0.3 is 0 Å². The number of aromatic nitrogens is 2. The quantitative estimate of drug-likeness (QED) is 0.485. The molecule has 28 heavy (non-hydrogen) atoms. The highest BCUT2D eigenvalue weighted by Crippen LogP contribution is 2.36. The van der Waals surface area contributed by atoms with Crippen molar-refractivity contribution in [2.45, 2.75) is 6.92 Å². The third-order valence-corrected chi connectivity index (χ3v) is 4.41. The topological polar surface area (TPSA) is 58.8 Å². The number of rotatable bonds is 4. The van der Waals surface area contributed by atoms with E-state index in [2.05, 4.69) is 16.0 Å². The second kappa shape index (κ2) is 7.45. The smallest absolute Gasteiger partial charge is 0.234 e. The average molecular weight is 369 g/mol. The minimum Gasteiger partial charge on any atom is -0.477 e. The molecule has 0 unspecified atom stereocenters. The summed E-state index contributed by atoms with van der Waals surface area (Å²) in [6.07, 6.45) is 0. The summed E-state index contributed by atoms with van der Waals surface area (Å²) in [6.45, 7) is 2.23. The molecule has 2 aromatic heterocycles. The van der Waals surface area contributed by atoms with Gasteiger partial charge in [-0.15, -0.1) is 0 Å². The number of benzene rings is 2. The molecule has 0 fully saturated rings. The predicted molar refractivity (Wildman–Crippen MR) is 106 cm³/mol. The summed E-state index contributed by atoms with van der Waals surface area (Å²) in [5, 5.41) is 10.5. The molecule has 4 nitrogen and oxygen atoms in total. The van der Waals surface area contributed by atoms with Crippen LogP contribution in [0.4, 0.5) is 4.39 Å². The maximum absolute atomic E-state index is 13.2. The third kappa shape index (κ3) is 3.17. The fourth-order valence-corrected chi connectivity index (χ4v) is 3.15. The van der Waals surface area contributed by atoms with Crippen molar-refractivity contribution >= 4 is 11.0 Å². The summed E-state index contributed by atoms with van der Waals surface area (Å²) < 4.78 is 18.9. The molecule has 0 aliphatic rings. The maximum atomic E-state index is 13.2. The van der Waals surface area contributed by atoms with E-state index in [4.69, 9.17) is 4.74 Å². The second-order valence-corrected chi connectivity index (χ2v) is 6.15. The molecular formula is C23H16FN3O. The number of hydrogen-bond donors (Lipinski definition) is 0. The van der Waals surface area contributed by atoms with E-state index in [0.717, 1.165) is 22.1 Å². The van der Waals surface area contributed by atoms with Gasteiger partial charge in [0, 0.05) is 16.5 Å². The molecule has 136 valence electrons. The molecule has 0 bridgehead atoms. The number of nitriles is 1. The summed E-state index contributed by atoms with van der Waals surface area (Å²) >= 11 is 0. The standard InChI is InChI=1S/C23H16FN3O/c1-2-28-23-19(14-25)21(16-6-4-3-5-7-16)18-12-13-20(26-22(18)27-23)15-8-10-17(24)11-9-15/h3-13H,2H2,1H3. The molecule has 0 saturated heterocycles. The highest BCUT2D eigenvalue weighted by atomic mass is 19.1. The number of pyridine rings is 2. The van der Waals surface area contributed by atoms with Crippen LogP contribution in [0, 0.1) is 17.1 Å². The zero-order valence-electron chi connectivity index (χ0n) is 15.2. The molecule has 5 heteroatoms. The Balaban J connectivity index is 2.00. The molecule has 4 aromatic rings. The van der Waals surface area contributed by atoms with Gasteiger partial charge in [-0.25, -0.2) is 9.37 Å². The Morgan fingerprint density at radius 1 is 0.929 bits per heavy atom. The van der Waals surface area contributed by atoms with E-state index in [1.807, 2.05) is 49.4 Å². The molecule has 4 rings (SSSR count). The first-order chi connectivity index (χ1) is 13.7. The van der Waals surface area contributed by atoms with Crippen molar-refractivity contribution in [3.8, 4) is 34.3 Å². The Labute approximate surface area is 161 Å². The molecule has 0 saturated carbocycles. The summed E-state index contributed by atoms with van der Waals surface area (Å²) in [5.41, 5.74) is 3.96. The first kappa shape index (κ1) is 17.6. The fraction of sp³-hybridized carbons (Fsp3) is 0.0870. The third-order valence-electron chi connectivity index (χ3n) is 4.41. The van der Waals surface area contributed by atoms with Gasteiger partial charge < -0.3 is 4.74 Å². The zero-order valence-corrected chi connectivity index (χ0v) is 15.2. The molecule has 0 N–H and O–H groups in total. The Hall–Kier alpha value is -3.78. The van der Waals surface area contributed by atoms with E-state index in [1.54, 1.807) is 12.1 Å². The molecule has 0 spiro atoms. The lowest BCUT2D eigenvalue weighted by molar-refractivity contribution is 0.327. The zero-order chi connectivity index (χ0) is 19.5. The molecule has 0 aliphatic carbocycles. The van der Waals surface area contributed by atoms with Crippen molar-refractivity contribution in [1.82, 2.24) is 9.97 Å². The van der Waals surface area contributed by atoms with Gasteiger partial charge in [0.25, 0.3) is 0 Å². The lowest BCUT2D eigenvalue weighted by atomic mass is 9.97. The van der Waals surface area contributed by atoms with Crippen LogP contribution in [0.2, 0.25) is 0 Å². The Morgan fingerprint density at radius 2 is 1.68 bits per heavy atom. The summed E-state index contributed by atoms with van der Waals surface area (Å²) in [4.78, 5) is 9.15. The van der Waals surface area contributed by atoms with Crippen LogP contribution in [0.5, 0.6) is 5.88 Å². The summed E-state index contributed by atoms with van der Waals surface area (Å²) in [7, 11) is 0. The SMILES string of the molecule is CCOc1nc2nc(-c3ccc(F)cc3)ccc2c(-c2ccccc2)c1C#N. The van der Waals surface area contributed by atoms with Crippen molar-refractivity contribution in [2.24, 2.45) is 0 Å². The minimum atomic E-state index is -0.300. The molecule has 2 aromatic carbocycles. The fourth-order valence-electron chi connectivity index (χ4n) is 3.15. The first-order valence-electron chi connectivity index (χ1n) is 8.90. The molecule has 0 radical (unpaired) electrons. The van der Waals surface area contributed by atoms with Crippen molar-refractivity contribution in [2.75, 3.05) is 6.61 Å². The Morgan fingerprint density at radius 3 is 2.36 bits per heavy atom. The first-order valence-corrected chi connectivity index (χ1v) is 8.90. The van der Waals surface area contributed by atoms with Crippen molar-refractivity contribution < 1.29 is 9.13 Å². The minimum absolute atomic E-state index is 0.264. The average Bonchev–Trinajstić information content (AvgIpc) is 2.74. The van der Waals surface area contributed by atoms with Crippen molar-refractivity contribution in [3.05, 3.63) is 78.1 Å². The monoisotopic (exact) mass is 369 g/mol. The summed E-state index contributed by atoms with van der Waals surface area (Å²) in [5.74, 6) is -0.0357. The van der Waals surface area contributed by atoms with Crippen LogP contribution in [-0.4, -0.2) is 16.6 Å². The molecule has 2 heterocycles. The number of hydrogen-bond acceptors (Lipinski definition) is 4. The Bertz CT molecular complexity index is 1180. The predicted octanol–water partition coefficient (Wildman–Crippen LogP) is 5.37. The Kier molecular flexibility index (Phi) is 4.69. The normalized spacial score (nSPS) is 10.6. The van der Waals surface area contributed by atoms with Gasteiger partial charge in [-0.3, -0.25) is 0 Å². The van der Waals surface area contributed by atoms with Gasteiger partial charge in [0.1, 0.15) is 17.4 Å². The van der Waals surface area contributed by atoms with Gasteiger partial charge in [-0.2, -0.15) is 10.2 Å². The lowest BCUT2D eigenvalue weighted by Crippen LogP contribution is -2.02. The van der Waals surface area contributed by atoms with E-state index in [0.29, 0.717) is 23.5 Å². The van der Waals surface area contributed by atoms with Gasteiger partial charge in [0.15, 0.2) is 5.65 Å². The number of ether oxygens (including phenoxy) is 1. The van der Waals surface area contributed by atoms with Crippen LogP contribution in [0.25, 0.3) is 33.4 Å². The van der Waals surface area contributed by atoms with Crippen LogP contribution in [0.3, 0.4) is 0 Å². The molecule has 0 aliphatic heterocycles. The maximum Gasteiger partial charge on any atom is 0.234 e. The van der Waals surface area contributed by atoms with E-state index in [-0.39, 0.29) is 11.7 Å². The van der Waals surface area contributed by atoms with Crippen LogP contribution in [0.15, 0.2) is 66.7 Å². The largest absolute Gasteiger partial charge is 0.477 e. The molecular weight excluding hydrogens is 353 g/mol. The van der Waals surface area contributed by atoms with E-state index in [9.17, 15) is 9.65 Å². The van der Waals surface area contributed by atoms with Crippen LogP contribution in [0.1, 0.15) is 12.5 Å². The van der Waals surface area contributed by atoms with E-state index in [1.165, 1.54) is 12.1 Å². The van der Waals surface area contributed by atoms with E-state index < -0.39 is 0 Å². The van der Waals surface area contributed by atoms with E-state index >= 15 is 0 Å². The van der Waals surface area contributed by atoms with Gasteiger partial charge in [-0.05, 0) is 48.9 Å². The van der Waals surface area contributed by atoms with Crippen LogP contribution < -0.4 is 4.74 Å². The molecule has 0 atom stereocenters. The lowest BCUT2D eigenvalue weighted by Gasteiger charge is -2.13. The van der Waals surface area contributed by atoms with Crippen LogP contribution >= 0.6 is 0 Å². The number of halogens is 1. The van der Waals surface area contributed by atoms with Gasteiger partial charge in [0.05, 0.1) is 12.3 Å². The van der Waals surface area contributed by atoms with Gasteiger partial charge in [-0.1, -0.05) is 30.3 Å². The number of nitrogens with zero attached hydrogens (tertiary/aromatic N) is 3.